The maximum atomic E-state index is 12.2. The van der Waals surface area contributed by atoms with E-state index in [1.54, 1.807) is 0 Å². The zero-order valence-corrected chi connectivity index (χ0v) is 10.3. The van der Waals surface area contributed by atoms with Gasteiger partial charge in [0.15, 0.2) is 0 Å². The van der Waals surface area contributed by atoms with Crippen LogP contribution in [0.3, 0.4) is 0 Å². The molecule has 1 N–H and O–H groups in total. The first-order chi connectivity index (χ1) is 8.78. The number of hydrogen-bond donors (Lipinski definition) is 1. The molecule has 1 heterocycles. The molecule has 1 rings (SSSR count). The van der Waals surface area contributed by atoms with Crippen LogP contribution < -0.4 is 0 Å². The van der Waals surface area contributed by atoms with Gasteiger partial charge < -0.3 is 14.7 Å². The molecule has 1 aliphatic rings. The molecule has 0 aromatic heterocycles. The van der Waals surface area contributed by atoms with Crippen molar-refractivity contribution in [1.82, 2.24) is 4.90 Å². The number of amides is 1. The van der Waals surface area contributed by atoms with Gasteiger partial charge in [-0.25, -0.2) is 4.79 Å². The molecule has 0 aromatic rings. The summed E-state index contributed by atoms with van der Waals surface area (Å²) in [6.45, 7) is -0.390. The van der Waals surface area contributed by atoms with Gasteiger partial charge in [-0.1, -0.05) is 0 Å². The molecule has 0 unspecified atom stereocenters. The maximum absolute atomic E-state index is 12.2. The Hall–Kier alpha value is -1.31. The molecule has 0 atom stereocenters. The molecule has 0 saturated carbocycles. The fourth-order valence-corrected chi connectivity index (χ4v) is 2.03. The first-order valence-corrected chi connectivity index (χ1v) is 5.92. The van der Waals surface area contributed by atoms with E-state index in [1.807, 2.05) is 0 Å². The van der Waals surface area contributed by atoms with E-state index in [1.165, 1.54) is 4.90 Å². The largest absolute Gasteiger partial charge is 0.480 e. The number of rotatable bonds is 5. The quantitative estimate of drug-likeness (QED) is 0.825. The number of carbonyl (C=O) groups is 2. The summed E-state index contributed by atoms with van der Waals surface area (Å²) in [5, 5.41) is 8.32. The summed E-state index contributed by atoms with van der Waals surface area (Å²) in [6, 6.07) is 0. The number of carbonyl (C=O) groups excluding carboxylic acids is 1. The van der Waals surface area contributed by atoms with Crippen LogP contribution in [-0.4, -0.2) is 54.4 Å². The second kappa shape index (κ2) is 6.74. The van der Waals surface area contributed by atoms with Gasteiger partial charge >= 0.3 is 12.1 Å². The molecule has 1 saturated heterocycles. The van der Waals surface area contributed by atoms with Gasteiger partial charge in [-0.3, -0.25) is 4.79 Å². The van der Waals surface area contributed by atoms with Gasteiger partial charge in [0.1, 0.15) is 13.2 Å². The zero-order chi connectivity index (χ0) is 14.5. The first-order valence-electron chi connectivity index (χ1n) is 5.92. The number of nitrogens with zero attached hydrogens (tertiary/aromatic N) is 1. The van der Waals surface area contributed by atoms with Crippen molar-refractivity contribution in [3.63, 3.8) is 0 Å². The molecule has 0 spiro atoms. The molecule has 1 aliphatic heterocycles. The number of ether oxygens (including phenoxy) is 1. The molecule has 1 amide bonds. The highest BCUT2D eigenvalue weighted by Crippen LogP contribution is 2.30. The Morgan fingerprint density at radius 3 is 2.26 bits per heavy atom. The Bertz CT molecular complexity index is 324. The predicted octanol–water partition coefficient (Wildman–Crippen LogP) is 1.28. The van der Waals surface area contributed by atoms with Gasteiger partial charge in [0.05, 0.1) is 0 Å². The Labute approximate surface area is 108 Å². The summed E-state index contributed by atoms with van der Waals surface area (Å²) >= 11 is 0. The third-order valence-electron chi connectivity index (χ3n) is 2.94. The highest BCUT2D eigenvalue weighted by molar-refractivity contribution is 5.78. The topological polar surface area (TPSA) is 66.8 Å². The van der Waals surface area contributed by atoms with Gasteiger partial charge in [0.25, 0.3) is 0 Å². The van der Waals surface area contributed by atoms with E-state index in [2.05, 4.69) is 4.74 Å². The first kappa shape index (κ1) is 15.7. The van der Waals surface area contributed by atoms with Crippen LogP contribution in [0, 0.1) is 5.92 Å². The van der Waals surface area contributed by atoms with Crippen molar-refractivity contribution in [3.05, 3.63) is 0 Å². The number of likely N-dealkylation sites (tertiary alicyclic amines) is 1. The Morgan fingerprint density at radius 2 is 1.79 bits per heavy atom. The van der Waals surface area contributed by atoms with Crippen LogP contribution in [0.4, 0.5) is 13.2 Å². The van der Waals surface area contributed by atoms with E-state index < -0.39 is 31.1 Å². The average molecular weight is 283 g/mol. The summed E-state index contributed by atoms with van der Waals surface area (Å²) in [5.41, 5.74) is 0. The third-order valence-corrected chi connectivity index (χ3v) is 2.94. The van der Waals surface area contributed by atoms with E-state index >= 15 is 0 Å². The Balaban J connectivity index is 2.25. The summed E-state index contributed by atoms with van der Waals surface area (Å²) in [4.78, 5) is 23.1. The highest BCUT2D eigenvalue weighted by atomic mass is 19.4. The standard InChI is InChI=1S/C11H16F3NO4/c12-11(13,14)5-8-1-3-15(4-2-8)9(16)6-19-7-10(17)18/h8H,1-7H2,(H,17,18). The highest BCUT2D eigenvalue weighted by Gasteiger charge is 2.34. The fraction of sp³-hybridized carbons (Fsp3) is 0.818. The van der Waals surface area contributed by atoms with Crippen molar-refractivity contribution in [3.8, 4) is 0 Å². The lowest BCUT2D eigenvalue weighted by atomic mass is 9.93. The summed E-state index contributed by atoms with van der Waals surface area (Å²) in [7, 11) is 0. The summed E-state index contributed by atoms with van der Waals surface area (Å²) in [5.74, 6) is -1.99. The summed E-state index contributed by atoms with van der Waals surface area (Å²) in [6.07, 6.45) is -4.36. The van der Waals surface area contributed by atoms with E-state index in [9.17, 15) is 22.8 Å². The fourth-order valence-electron chi connectivity index (χ4n) is 2.03. The lowest BCUT2D eigenvalue weighted by Crippen LogP contribution is -2.41. The van der Waals surface area contributed by atoms with Crippen LogP contribution in [-0.2, 0) is 14.3 Å². The van der Waals surface area contributed by atoms with Crippen LogP contribution in [0.1, 0.15) is 19.3 Å². The van der Waals surface area contributed by atoms with E-state index in [4.69, 9.17) is 5.11 Å². The zero-order valence-electron chi connectivity index (χ0n) is 10.3. The van der Waals surface area contributed by atoms with Crippen molar-refractivity contribution in [1.29, 1.82) is 0 Å². The third kappa shape index (κ3) is 6.42. The van der Waals surface area contributed by atoms with Gasteiger partial charge in [0, 0.05) is 19.5 Å². The average Bonchev–Trinajstić information content (AvgIpc) is 2.27. The molecular weight excluding hydrogens is 267 g/mol. The van der Waals surface area contributed by atoms with Crippen LogP contribution in [0.5, 0.6) is 0 Å². The van der Waals surface area contributed by atoms with Crippen molar-refractivity contribution in [2.45, 2.75) is 25.4 Å². The Morgan fingerprint density at radius 1 is 1.21 bits per heavy atom. The molecular formula is C11H16F3NO4. The molecule has 0 radical (unpaired) electrons. The number of piperidine rings is 1. The van der Waals surface area contributed by atoms with E-state index in [0.717, 1.165) is 0 Å². The van der Waals surface area contributed by atoms with Crippen molar-refractivity contribution >= 4 is 11.9 Å². The van der Waals surface area contributed by atoms with Crippen LogP contribution >= 0.6 is 0 Å². The van der Waals surface area contributed by atoms with Crippen LogP contribution in [0.15, 0.2) is 0 Å². The SMILES string of the molecule is O=C(O)COCC(=O)N1CCC(CC(F)(F)F)CC1. The minimum absolute atomic E-state index is 0.260. The number of halogens is 3. The normalized spacial score (nSPS) is 17.5. The number of aliphatic carboxylic acids is 1. The van der Waals surface area contributed by atoms with Gasteiger partial charge in [-0.15, -0.1) is 0 Å². The number of carboxylic acid groups (broad SMARTS) is 1. The lowest BCUT2D eigenvalue weighted by molar-refractivity contribution is -0.150. The van der Waals surface area contributed by atoms with Crippen LogP contribution in [0.25, 0.3) is 0 Å². The minimum Gasteiger partial charge on any atom is -0.480 e. The van der Waals surface area contributed by atoms with Crippen LogP contribution in [0.2, 0.25) is 0 Å². The van der Waals surface area contributed by atoms with Crippen molar-refractivity contribution in [2.24, 2.45) is 5.92 Å². The van der Waals surface area contributed by atoms with Gasteiger partial charge in [0.2, 0.25) is 5.91 Å². The molecule has 0 aliphatic carbocycles. The maximum Gasteiger partial charge on any atom is 0.389 e. The van der Waals surface area contributed by atoms with Crippen molar-refractivity contribution < 1.29 is 32.6 Å². The number of carboxylic acids is 1. The predicted molar refractivity (Wildman–Crippen MR) is 58.4 cm³/mol. The second-order valence-corrected chi connectivity index (χ2v) is 4.53. The molecule has 19 heavy (non-hydrogen) atoms. The van der Waals surface area contributed by atoms with Gasteiger partial charge in [-0.05, 0) is 18.8 Å². The smallest absolute Gasteiger partial charge is 0.389 e. The van der Waals surface area contributed by atoms with E-state index in [-0.39, 0.29) is 25.6 Å². The molecule has 0 aromatic carbocycles. The van der Waals surface area contributed by atoms with E-state index in [0.29, 0.717) is 12.8 Å². The number of hydrogen-bond acceptors (Lipinski definition) is 3. The van der Waals surface area contributed by atoms with Gasteiger partial charge in [-0.2, -0.15) is 13.2 Å². The summed E-state index contributed by atoms with van der Waals surface area (Å²) < 4.78 is 41.2. The number of alkyl halides is 3. The lowest BCUT2D eigenvalue weighted by Gasteiger charge is -2.32. The minimum atomic E-state index is -4.17. The molecule has 5 nitrogen and oxygen atoms in total. The Kier molecular flexibility index (Phi) is 5.59. The molecule has 1 fully saturated rings. The molecule has 8 heteroatoms. The second-order valence-electron chi connectivity index (χ2n) is 4.53. The molecule has 110 valence electrons. The molecule has 0 bridgehead atoms. The monoisotopic (exact) mass is 283 g/mol. The van der Waals surface area contributed by atoms with Crippen molar-refractivity contribution in [2.75, 3.05) is 26.3 Å².